The lowest BCUT2D eigenvalue weighted by molar-refractivity contribution is -0.129. The Bertz CT molecular complexity index is 1410. The van der Waals surface area contributed by atoms with Gasteiger partial charge < -0.3 is 15.0 Å². The van der Waals surface area contributed by atoms with E-state index >= 15 is 0 Å². The van der Waals surface area contributed by atoms with Gasteiger partial charge in [0, 0.05) is 25.6 Å². The van der Waals surface area contributed by atoms with E-state index in [1.54, 1.807) is 29.2 Å². The van der Waals surface area contributed by atoms with Gasteiger partial charge in [-0.3, -0.25) is 9.59 Å². The van der Waals surface area contributed by atoms with E-state index in [1.807, 2.05) is 30.3 Å². The number of carbonyl (C=O) groups excluding carboxylic acids is 2. The SMILES string of the molecule is O=C(NCc1ccccc1)C1CN(C(=O)C2CCN(S(=O)(=O)c3ccc(F)cc3)CC2)c2ccccc2O1. The highest BCUT2D eigenvalue weighted by molar-refractivity contribution is 7.89. The lowest BCUT2D eigenvalue weighted by Gasteiger charge is -2.38. The van der Waals surface area contributed by atoms with Gasteiger partial charge in [0.05, 0.1) is 17.1 Å². The predicted octanol–water partition coefficient (Wildman–Crippen LogP) is 3.34. The zero-order chi connectivity index (χ0) is 26.7. The molecule has 5 rings (SSSR count). The van der Waals surface area contributed by atoms with Crippen LogP contribution in [-0.2, 0) is 26.2 Å². The Hall–Kier alpha value is -3.76. The molecule has 2 aliphatic rings. The van der Waals surface area contributed by atoms with Crippen molar-refractivity contribution in [2.24, 2.45) is 5.92 Å². The molecule has 3 aromatic rings. The first kappa shape index (κ1) is 25.9. The highest BCUT2D eigenvalue weighted by Crippen LogP contribution is 2.35. The molecule has 0 aromatic heterocycles. The molecular weight excluding hydrogens is 509 g/mol. The topological polar surface area (TPSA) is 96.0 Å². The number of halogens is 1. The minimum absolute atomic E-state index is 0.0233. The first-order valence-corrected chi connectivity index (χ1v) is 13.9. The van der Waals surface area contributed by atoms with Crippen LogP contribution in [0.25, 0.3) is 0 Å². The number of piperidine rings is 1. The second kappa shape index (κ2) is 10.9. The van der Waals surface area contributed by atoms with Crippen molar-refractivity contribution >= 4 is 27.5 Å². The first-order chi connectivity index (χ1) is 18.3. The summed E-state index contributed by atoms with van der Waals surface area (Å²) in [5, 5.41) is 2.88. The minimum atomic E-state index is -3.78. The van der Waals surface area contributed by atoms with Crippen molar-refractivity contribution in [1.29, 1.82) is 0 Å². The van der Waals surface area contributed by atoms with E-state index in [0.717, 1.165) is 17.7 Å². The number of fused-ring (bicyclic) bond motifs is 1. The Morgan fingerprint density at radius 1 is 0.921 bits per heavy atom. The second-order valence-electron chi connectivity index (χ2n) is 9.36. The lowest BCUT2D eigenvalue weighted by Crippen LogP contribution is -2.53. The quantitative estimate of drug-likeness (QED) is 0.521. The summed E-state index contributed by atoms with van der Waals surface area (Å²) in [4.78, 5) is 28.2. The number of sulfonamides is 1. The van der Waals surface area contributed by atoms with Crippen LogP contribution in [0.4, 0.5) is 10.1 Å². The van der Waals surface area contributed by atoms with Gasteiger partial charge in [-0.1, -0.05) is 42.5 Å². The second-order valence-corrected chi connectivity index (χ2v) is 11.3. The summed E-state index contributed by atoms with van der Waals surface area (Å²) in [6, 6.07) is 21.3. The third-order valence-electron chi connectivity index (χ3n) is 6.90. The van der Waals surface area contributed by atoms with E-state index in [0.29, 0.717) is 30.8 Å². The molecule has 0 aliphatic carbocycles. The van der Waals surface area contributed by atoms with E-state index in [9.17, 15) is 22.4 Å². The van der Waals surface area contributed by atoms with Crippen LogP contribution in [-0.4, -0.2) is 50.3 Å². The summed E-state index contributed by atoms with van der Waals surface area (Å²) in [5.74, 6) is -0.954. The van der Waals surface area contributed by atoms with Gasteiger partial charge in [-0.15, -0.1) is 0 Å². The molecule has 1 unspecified atom stereocenters. The predicted molar refractivity (Wildman–Crippen MR) is 139 cm³/mol. The maximum atomic E-state index is 13.7. The third-order valence-corrected chi connectivity index (χ3v) is 8.81. The highest BCUT2D eigenvalue weighted by Gasteiger charge is 2.39. The van der Waals surface area contributed by atoms with Crippen LogP contribution < -0.4 is 15.0 Å². The fraction of sp³-hybridized carbons (Fsp3) is 0.286. The van der Waals surface area contributed by atoms with Gasteiger partial charge in [0.1, 0.15) is 11.6 Å². The third kappa shape index (κ3) is 5.41. The van der Waals surface area contributed by atoms with Crippen LogP contribution >= 0.6 is 0 Å². The van der Waals surface area contributed by atoms with E-state index in [-0.39, 0.29) is 36.3 Å². The Morgan fingerprint density at radius 2 is 1.58 bits per heavy atom. The van der Waals surface area contributed by atoms with E-state index < -0.39 is 27.9 Å². The Balaban J connectivity index is 1.26. The number of nitrogens with one attached hydrogen (secondary N) is 1. The van der Waals surface area contributed by atoms with Gasteiger partial charge in [-0.2, -0.15) is 4.31 Å². The number of ether oxygens (including phenoxy) is 1. The smallest absolute Gasteiger partial charge is 0.263 e. The summed E-state index contributed by atoms with van der Waals surface area (Å²) in [6.07, 6.45) is -0.204. The molecule has 0 spiro atoms. The number of nitrogens with zero attached hydrogens (tertiary/aromatic N) is 2. The van der Waals surface area contributed by atoms with E-state index in [1.165, 1.54) is 16.4 Å². The van der Waals surface area contributed by atoms with Crippen molar-refractivity contribution in [3.8, 4) is 5.75 Å². The number of rotatable bonds is 6. The summed E-state index contributed by atoms with van der Waals surface area (Å²) < 4.78 is 46.5. The first-order valence-electron chi connectivity index (χ1n) is 12.5. The largest absolute Gasteiger partial charge is 0.477 e. The fourth-order valence-corrected chi connectivity index (χ4v) is 6.27. The van der Waals surface area contributed by atoms with E-state index in [4.69, 9.17) is 4.74 Å². The number of anilines is 1. The molecule has 10 heteroatoms. The molecule has 1 atom stereocenters. The molecule has 198 valence electrons. The Morgan fingerprint density at radius 3 is 2.29 bits per heavy atom. The van der Waals surface area contributed by atoms with Gasteiger partial charge in [0.15, 0.2) is 6.10 Å². The standard InChI is InChI=1S/C28H28FN3O5S/c29-22-10-12-23(13-11-22)38(35,36)31-16-14-21(15-17-31)28(34)32-19-26(37-25-9-5-4-8-24(25)32)27(33)30-18-20-6-2-1-3-7-20/h1-13,21,26H,14-19H2,(H,30,33). The Kier molecular flexibility index (Phi) is 7.44. The molecule has 0 bridgehead atoms. The molecule has 3 aromatic carbocycles. The summed E-state index contributed by atoms with van der Waals surface area (Å²) in [7, 11) is -3.78. The number of benzene rings is 3. The molecular formula is C28H28FN3O5S. The van der Waals surface area contributed by atoms with Crippen LogP contribution in [0.15, 0.2) is 83.8 Å². The normalized spacial score (nSPS) is 18.3. The Labute approximate surface area is 221 Å². The molecule has 8 nitrogen and oxygen atoms in total. The van der Waals surface area contributed by atoms with Gasteiger partial charge >= 0.3 is 0 Å². The van der Waals surface area contributed by atoms with Crippen molar-refractivity contribution in [1.82, 2.24) is 9.62 Å². The maximum absolute atomic E-state index is 13.7. The van der Waals surface area contributed by atoms with Crippen molar-refractivity contribution < 1.29 is 27.1 Å². The number of carbonyl (C=O) groups is 2. The lowest BCUT2D eigenvalue weighted by atomic mass is 9.95. The molecule has 2 aliphatic heterocycles. The van der Waals surface area contributed by atoms with Crippen LogP contribution in [0.5, 0.6) is 5.75 Å². The number of hydrogen-bond acceptors (Lipinski definition) is 5. The van der Waals surface area contributed by atoms with Crippen molar-refractivity contribution in [3.63, 3.8) is 0 Å². The van der Waals surface area contributed by atoms with Crippen molar-refractivity contribution in [2.75, 3.05) is 24.5 Å². The van der Waals surface area contributed by atoms with Crippen LogP contribution in [0.2, 0.25) is 0 Å². The molecule has 38 heavy (non-hydrogen) atoms. The zero-order valence-corrected chi connectivity index (χ0v) is 21.4. The monoisotopic (exact) mass is 537 g/mol. The molecule has 0 radical (unpaired) electrons. The molecule has 1 fully saturated rings. The van der Waals surface area contributed by atoms with Crippen LogP contribution in [0, 0.1) is 11.7 Å². The summed E-state index contributed by atoms with van der Waals surface area (Å²) >= 11 is 0. The van der Waals surface area contributed by atoms with Crippen molar-refractivity contribution in [3.05, 3.63) is 90.2 Å². The molecule has 2 heterocycles. The van der Waals surface area contributed by atoms with Gasteiger partial charge in [0.25, 0.3) is 5.91 Å². The maximum Gasteiger partial charge on any atom is 0.263 e. The fourth-order valence-electron chi connectivity index (χ4n) is 4.80. The van der Waals surface area contributed by atoms with Gasteiger partial charge in [-0.25, -0.2) is 12.8 Å². The van der Waals surface area contributed by atoms with Gasteiger partial charge in [-0.05, 0) is 54.8 Å². The summed E-state index contributed by atoms with van der Waals surface area (Å²) in [5.41, 5.74) is 1.54. The van der Waals surface area contributed by atoms with Crippen LogP contribution in [0.3, 0.4) is 0 Å². The minimum Gasteiger partial charge on any atom is -0.477 e. The number of para-hydroxylation sites is 2. The molecule has 1 saturated heterocycles. The highest BCUT2D eigenvalue weighted by atomic mass is 32.2. The number of hydrogen-bond donors (Lipinski definition) is 1. The molecule has 1 N–H and O–H groups in total. The zero-order valence-electron chi connectivity index (χ0n) is 20.6. The molecule has 2 amide bonds. The summed E-state index contributed by atoms with van der Waals surface area (Å²) in [6.45, 7) is 0.743. The molecule has 0 saturated carbocycles. The average molecular weight is 538 g/mol. The van der Waals surface area contributed by atoms with Crippen molar-refractivity contribution in [2.45, 2.75) is 30.4 Å². The van der Waals surface area contributed by atoms with Crippen LogP contribution in [0.1, 0.15) is 18.4 Å². The van der Waals surface area contributed by atoms with Gasteiger partial charge in [0.2, 0.25) is 15.9 Å². The average Bonchev–Trinajstić information content (AvgIpc) is 2.95. The number of amides is 2. The van der Waals surface area contributed by atoms with E-state index in [2.05, 4.69) is 5.32 Å².